The molecule has 4 rings (SSSR count). The summed E-state index contributed by atoms with van der Waals surface area (Å²) < 4.78 is 7.61. The Morgan fingerprint density at radius 1 is 1.11 bits per heavy atom. The van der Waals surface area contributed by atoms with Gasteiger partial charge in [-0.3, -0.25) is 0 Å². The lowest BCUT2D eigenvalue weighted by atomic mass is 10.2. The maximum absolute atomic E-state index is 5.39. The van der Waals surface area contributed by atoms with Gasteiger partial charge >= 0.3 is 0 Å². The van der Waals surface area contributed by atoms with Gasteiger partial charge in [-0.25, -0.2) is 4.98 Å². The van der Waals surface area contributed by atoms with E-state index in [2.05, 4.69) is 44.0 Å². The highest BCUT2D eigenvalue weighted by atomic mass is 32.2. The van der Waals surface area contributed by atoms with Crippen LogP contribution in [0, 0.1) is 0 Å². The first-order valence-electron chi connectivity index (χ1n) is 9.20. The van der Waals surface area contributed by atoms with Crippen LogP contribution in [0.1, 0.15) is 57.0 Å². The van der Waals surface area contributed by atoms with Crippen LogP contribution in [0.4, 0.5) is 0 Å². The van der Waals surface area contributed by atoms with Crippen LogP contribution in [0.25, 0.3) is 22.1 Å². The minimum atomic E-state index is -0.0479. The molecule has 7 nitrogen and oxygen atoms in total. The van der Waals surface area contributed by atoms with Crippen LogP contribution in [0.5, 0.6) is 0 Å². The molecule has 0 aliphatic carbocycles. The van der Waals surface area contributed by atoms with E-state index in [0.29, 0.717) is 11.0 Å². The van der Waals surface area contributed by atoms with Gasteiger partial charge < -0.3 is 9.09 Å². The van der Waals surface area contributed by atoms with Crippen LogP contribution in [0.2, 0.25) is 0 Å². The Morgan fingerprint density at radius 2 is 1.93 bits per heavy atom. The Morgan fingerprint density at radius 3 is 2.67 bits per heavy atom. The van der Waals surface area contributed by atoms with Gasteiger partial charge in [-0.1, -0.05) is 55.9 Å². The third-order valence-electron chi connectivity index (χ3n) is 4.41. The van der Waals surface area contributed by atoms with Crippen molar-refractivity contribution >= 4 is 33.8 Å². The molecule has 0 saturated heterocycles. The molecule has 27 heavy (non-hydrogen) atoms. The zero-order chi connectivity index (χ0) is 19.0. The van der Waals surface area contributed by atoms with E-state index in [-0.39, 0.29) is 11.2 Å². The highest BCUT2D eigenvalue weighted by Gasteiger charge is 2.20. The van der Waals surface area contributed by atoms with E-state index < -0.39 is 0 Å². The van der Waals surface area contributed by atoms with E-state index in [1.807, 2.05) is 32.9 Å². The second-order valence-electron chi connectivity index (χ2n) is 6.84. The number of benzene rings is 1. The van der Waals surface area contributed by atoms with Gasteiger partial charge in [0.2, 0.25) is 11.0 Å². The zero-order valence-electron chi connectivity index (χ0n) is 15.9. The number of hydrogen-bond acceptors (Lipinski definition) is 7. The molecular formula is C19H22N6OS. The molecule has 0 spiro atoms. The number of nitrogens with zero attached hydrogens (tertiary/aromatic N) is 6. The fourth-order valence-corrected chi connectivity index (χ4v) is 3.78. The van der Waals surface area contributed by atoms with Crippen LogP contribution in [-0.4, -0.2) is 29.9 Å². The molecule has 3 heterocycles. The standard InChI is InChI=1S/C19H22N6OS/c1-5-10-25-14-9-7-6-8-13(14)15-17(25)21-19(23-22-15)27-12(4)18-20-16(11(2)3)24-26-18/h6-9,11-12H,5,10H2,1-4H3. The molecule has 1 unspecified atom stereocenters. The van der Waals surface area contributed by atoms with Gasteiger partial charge in [0.1, 0.15) is 5.52 Å². The van der Waals surface area contributed by atoms with Gasteiger partial charge in [-0.2, -0.15) is 4.98 Å². The van der Waals surface area contributed by atoms with Crippen molar-refractivity contribution < 1.29 is 4.52 Å². The van der Waals surface area contributed by atoms with Crippen LogP contribution >= 0.6 is 11.8 Å². The average molecular weight is 382 g/mol. The largest absolute Gasteiger partial charge is 0.338 e. The quantitative estimate of drug-likeness (QED) is 0.445. The SMILES string of the molecule is CCCn1c2ccccc2c2nnc(SC(C)c3nc(C(C)C)no3)nc21. The van der Waals surface area contributed by atoms with Crippen LogP contribution in [0.3, 0.4) is 0 Å². The van der Waals surface area contributed by atoms with E-state index in [4.69, 9.17) is 9.51 Å². The Labute approximate surface area is 161 Å². The second kappa shape index (κ2) is 7.26. The molecule has 1 aromatic carbocycles. The molecule has 0 bridgehead atoms. The molecule has 140 valence electrons. The summed E-state index contributed by atoms with van der Waals surface area (Å²) in [6.45, 7) is 9.15. The molecule has 0 aliphatic rings. The maximum Gasteiger partial charge on any atom is 0.239 e. The number of hydrogen-bond donors (Lipinski definition) is 0. The molecule has 0 saturated carbocycles. The van der Waals surface area contributed by atoms with Gasteiger partial charge in [0.25, 0.3) is 0 Å². The summed E-state index contributed by atoms with van der Waals surface area (Å²) in [7, 11) is 0. The minimum Gasteiger partial charge on any atom is -0.338 e. The van der Waals surface area contributed by atoms with E-state index in [0.717, 1.165) is 40.9 Å². The van der Waals surface area contributed by atoms with Gasteiger partial charge in [0.15, 0.2) is 11.5 Å². The third kappa shape index (κ3) is 3.29. The van der Waals surface area contributed by atoms with Crippen LogP contribution in [0.15, 0.2) is 33.9 Å². The van der Waals surface area contributed by atoms with Crippen molar-refractivity contribution in [3.63, 3.8) is 0 Å². The third-order valence-corrected chi connectivity index (χ3v) is 5.34. The van der Waals surface area contributed by atoms with Crippen LogP contribution in [-0.2, 0) is 6.54 Å². The highest BCUT2D eigenvalue weighted by Crippen LogP contribution is 2.34. The fraction of sp³-hybridized carbons (Fsp3) is 0.421. The zero-order valence-corrected chi connectivity index (χ0v) is 16.7. The molecule has 0 amide bonds. The minimum absolute atomic E-state index is 0.0479. The summed E-state index contributed by atoms with van der Waals surface area (Å²) in [5, 5.41) is 14.5. The summed E-state index contributed by atoms with van der Waals surface area (Å²) in [4.78, 5) is 9.27. The molecule has 8 heteroatoms. The Kier molecular flexibility index (Phi) is 4.82. The lowest BCUT2D eigenvalue weighted by molar-refractivity contribution is 0.373. The summed E-state index contributed by atoms with van der Waals surface area (Å²) in [5.41, 5.74) is 2.86. The first kappa shape index (κ1) is 17.9. The van der Waals surface area contributed by atoms with E-state index >= 15 is 0 Å². The first-order chi connectivity index (χ1) is 13.1. The molecule has 4 aromatic rings. The Balaban J connectivity index is 1.70. The summed E-state index contributed by atoms with van der Waals surface area (Å²) in [6.07, 6.45) is 1.02. The Hall–Kier alpha value is -2.48. The molecular weight excluding hydrogens is 360 g/mol. The summed E-state index contributed by atoms with van der Waals surface area (Å²) in [5.74, 6) is 1.54. The predicted molar refractivity (Wildman–Crippen MR) is 106 cm³/mol. The molecule has 0 aliphatic heterocycles. The second-order valence-corrected chi connectivity index (χ2v) is 8.15. The predicted octanol–water partition coefficient (Wildman–Crippen LogP) is 4.75. The number of aromatic nitrogens is 6. The van der Waals surface area contributed by atoms with Gasteiger partial charge in [-0.15, -0.1) is 10.2 Å². The molecule has 0 N–H and O–H groups in total. The molecule has 0 radical (unpaired) electrons. The van der Waals surface area contributed by atoms with Gasteiger partial charge in [0.05, 0.1) is 10.8 Å². The Bertz CT molecular complexity index is 1090. The summed E-state index contributed by atoms with van der Waals surface area (Å²) >= 11 is 1.48. The maximum atomic E-state index is 5.39. The molecule has 3 aromatic heterocycles. The number of para-hydroxylation sites is 1. The van der Waals surface area contributed by atoms with Crippen molar-refractivity contribution in [2.75, 3.05) is 0 Å². The van der Waals surface area contributed by atoms with Crippen molar-refractivity contribution in [2.24, 2.45) is 0 Å². The van der Waals surface area contributed by atoms with E-state index in [1.165, 1.54) is 11.8 Å². The van der Waals surface area contributed by atoms with Crippen molar-refractivity contribution in [2.45, 2.75) is 57.0 Å². The average Bonchev–Trinajstić information content (AvgIpc) is 3.27. The number of fused-ring (bicyclic) bond motifs is 3. The van der Waals surface area contributed by atoms with Gasteiger partial charge in [0, 0.05) is 17.8 Å². The molecule has 1 atom stereocenters. The lowest BCUT2D eigenvalue weighted by Crippen LogP contribution is -2.01. The van der Waals surface area contributed by atoms with Crippen LogP contribution < -0.4 is 0 Å². The number of rotatable bonds is 6. The first-order valence-corrected chi connectivity index (χ1v) is 10.1. The normalized spacial score (nSPS) is 13.1. The summed E-state index contributed by atoms with van der Waals surface area (Å²) in [6, 6.07) is 8.24. The van der Waals surface area contributed by atoms with Crippen molar-refractivity contribution in [3.05, 3.63) is 36.0 Å². The fourth-order valence-electron chi connectivity index (χ4n) is 3.04. The van der Waals surface area contributed by atoms with Crippen molar-refractivity contribution in [1.82, 2.24) is 29.9 Å². The monoisotopic (exact) mass is 382 g/mol. The van der Waals surface area contributed by atoms with E-state index in [9.17, 15) is 0 Å². The van der Waals surface area contributed by atoms with Gasteiger partial charge in [-0.05, 0) is 19.4 Å². The van der Waals surface area contributed by atoms with E-state index in [1.54, 1.807) is 0 Å². The number of aryl methyl sites for hydroxylation is 1. The number of thioether (sulfide) groups is 1. The van der Waals surface area contributed by atoms with Crippen molar-refractivity contribution in [1.29, 1.82) is 0 Å². The molecule has 0 fully saturated rings. The lowest BCUT2D eigenvalue weighted by Gasteiger charge is -2.06. The van der Waals surface area contributed by atoms with Crippen molar-refractivity contribution in [3.8, 4) is 0 Å². The highest BCUT2D eigenvalue weighted by molar-refractivity contribution is 7.99. The topological polar surface area (TPSA) is 82.5 Å². The smallest absolute Gasteiger partial charge is 0.239 e.